The van der Waals surface area contributed by atoms with Gasteiger partial charge >= 0.3 is 112 Å². The van der Waals surface area contributed by atoms with E-state index in [1.54, 1.807) is 0 Å². The van der Waals surface area contributed by atoms with Crippen molar-refractivity contribution in [3.05, 3.63) is 24.3 Å². The van der Waals surface area contributed by atoms with Crippen molar-refractivity contribution < 1.29 is 0 Å². The van der Waals surface area contributed by atoms with Crippen molar-refractivity contribution in [3.63, 3.8) is 0 Å². The summed E-state index contributed by atoms with van der Waals surface area (Å²) in [6, 6.07) is 0. The molecule has 0 aliphatic carbocycles. The molecular weight excluding hydrogens is 206 g/mol. The van der Waals surface area contributed by atoms with Crippen molar-refractivity contribution in [2.75, 3.05) is 0 Å². The zero-order valence-electron chi connectivity index (χ0n) is 7.84. The first kappa shape index (κ1) is 12.3. The van der Waals surface area contributed by atoms with E-state index in [1.807, 2.05) is 0 Å². The maximum atomic E-state index is 2.31. The summed E-state index contributed by atoms with van der Waals surface area (Å²) in [4.78, 5) is 0. The van der Waals surface area contributed by atoms with Gasteiger partial charge in [-0.2, -0.15) is 0 Å². The maximum absolute atomic E-state index is 2.31. The molecule has 0 unspecified atom stereocenters. The molecule has 0 radical (unpaired) electrons. The molecule has 0 spiro atoms. The van der Waals surface area contributed by atoms with Crippen molar-refractivity contribution in [1.29, 1.82) is 0 Å². The zero-order chi connectivity index (χ0) is 8.36. The van der Waals surface area contributed by atoms with E-state index >= 15 is 0 Å². The number of allylic oxidation sites excluding steroid dienone is 4. The van der Waals surface area contributed by atoms with Crippen LogP contribution in [-0.4, -0.2) is 55.5 Å². The van der Waals surface area contributed by atoms with Crippen LogP contribution in [0.25, 0.3) is 0 Å². The molecule has 11 heavy (non-hydrogen) atoms. The zero-order valence-corrected chi connectivity index (χ0v) is 12.8. The topological polar surface area (TPSA) is 0 Å². The van der Waals surface area contributed by atoms with Gasteiger partial charge in [0.2, 0.25) is 0 Å². The van der Waals surface area contributed by atoms with E-state index in [-0.39, 0.29) is 0 Å². The molecule has 0 aromatic rings. The summed E-state index contributed by atoms with van der Waals surface area (Å²) in [5.74, 6) is 0. The monoisotopic (exact) mass is 222 g/mol. The fourth-order valence-electron chi connectivity index (χ4n) is 0.878. The molecular formula is C10H17Rb. The molecule has 0 rings (SSSR count). The predicted molar refractivity (Wildman–Crippen MR) is 53.0 cm³/mol. The quantitative estimate of drug-likeness (QED) is 0.478. The fourth-order valence-corrected chi connectivity index (χ4v) is 1.70. The van der Waals surface area contributed by atoms with Crippen LogP contribution in [-0.2, 0) is 0 Å². The average molecular weight is 223 g/mol. The summed E-state index contributed by atoms with van der Waals surface area (Å²) in [6.45, 7) is 2.23. The Morgan fingerprint density at radius 2 is 1.82 bits per heavy atom. The van der Waals surface area contributed by atoms with E-state index in [9.17, 15) is 0 Å². The van der Waals surface area contributed by atoms with Gasteiger partial charge in [-0.15, -0.1) is 0 Å². The van der Waals surface area contributed by atoms with E-state index in [2.05, 4.69) is 31.2 Å². The van der Waals surface area contributed by atoms with Gasteiger partial charge in [-0.25, -0.2) is 0 Å². The minimum absolute atomic E-state index is 0.855. The molecule has 0 fully saturated rings. The summed E-state index contributed by atoms with van der Waals surface area (Å²) in [7, 11) is 0. The van der Waals surface area contributed by atoms with Crippen LogP contribution in [0.15, 0.2) is 24.3 Å². The number of hydrogen-bond acceptors (Lipinski definition) is 0. The van der Waals surface area contributed by atoms with Gasteiger partial charge in [-0.3, -0.25) is 0 Å². The van der Waals surface area contributed by atoms with Gasteiger partial charge in [-0.05, 0) is 0 Å². The third-order valence-electron chi connectivity index (χ3n) is 1.57. The van der Waals surface area contributed by atoms with Gasteiger partial charge in [0, 0.05) is 0 Å². The van der Waals surface area contributed by atoms with Gasteiger partial charge in [0.25, 0.3) is 0 Å². The molecule has 0 aromatic heterocycles. The Morgan fingerprint density at radius 3 is 2.45 bits per heavy atom. The molecule has 0 nitrogen and oxygen atoms in total. The van der Waals surface area contributed by atoms with Crippen LogP contribution in [0.2, 0.25) is -0.511 Å². The summed E-state index contributed by atoms with van der Waals surface area (Å²) >= 11 is 0.855. The minimum atomic E-state index is 0.855. The Morgan fingerprint density at radius 1 is 1.09 bits per heavy atom. The van der Waals surface area contributed by atoms with E-state index in [0.717, 1.165) is 62.0 Å². The molecule has 0 aliphatic rings. The normalized spacial score (nSPS) is 11.9. The van der Waals surface area contributed by atoms with Crippen LogP contribution in [0.4, 0.5) is 0 Å². The molecule has 0 bridgehead atoms. The Kier molecular flexibility index (Phi) is 12.6. The van der Waals surface area contributed by atoms with Gasteiger partial charge in [-0.1, -0.05) is 0 Å². The van der Waals surface area contributed by atoms with Crippen LogP contribution < -0.4 is 0 Å². The molecule has 0 amide bonds. The second-order valence-electron chi connectivity index (χ2n) is 2.73. The van der Waals surface area contributed by atoms with Crippen LogP contribution in [0.3, 0.4) is 0 Å². The molecule has 0 heterocycles. The van der Waals surface area contributed by atoms with Crippen molar-refractivity contribution in [3.8, 4) is 0 Å². The van der Waals surface area contributed by atoms with Gasteiger partial charge < -0.3 is 0 Å². The molecule has 0 aromatic carbocycles. The summed E-state index contributed by atoms with van der Waals surface area (Å²) in [5, 5.41) is 0. The molecule has 0 N–H and O–H groups in total. The van der Waals surface area contributed by atoms with Gasteiger partial charge in [0.15, 0.2) is 0 Å². The second-order valence-corrected chi connectivity index (χ2v) is 4.74. The fraction of sp³-hybridized carbons (Fsp3) is 0.600. The average Bonchev–Trinajstić information content (AvgIpc) is 2.03. The molecule has 0 atom stereocenters. The first-order valence-corrected chi connectivity index (χ1v) is 8.19. The Hall–Kier alpha value is 1.29. The second kappa shape index (κ2) is 11.3. The Bertz CT molecular complexity index is 114. The third-order valence-corrected chi connectivity index (χ3v) is 2.72. The third kappa shape index (κ3) is 11.3. The summed E-state index contributed by atoms with van der Waals surface area (Å²) < 4.78 is 1.37. The predicted octanol–water partition coefficient (Wildman–Crippen LogP) is 3.27. The number of unbranched alkanes of at least 4 members (excludes halogenated alkanes) is 2. The first-order valence-electron chi connectivity index (χ1n) is 4.71. The molecule has 58 valence electrons. The van der Waals surface area contributed by atoms with E-state index in [1.165, 1.54) is 18.8 Å². The first-order chi connectivity index (χ1) is 5.41. The van der Waals surface area contributed by atoms with Gasteiger partial charge in [0.05, 0.1) is 0 Å². The molecule has 0 aliphatic heterocycles. The Balaban J connectivity index is 3.09. The number of hydrogen-bond donors (Lipinski definition) is 0. The summed E-state index contributed by atoms with van der Waals surface area (Å²) in [5.41, 5.74) is 0. The van der Waals surface area contributed by atoms with Gasteiger partial charge in [0.1, 0.15) is 0 Å². The van der Waals surface area contributed by atoms with Crippen LogP contribution >= 0.6 is 0 Å². The van der Waals surface area contributed by atoms with Crippen molar-refractivity contribution in [2.45, 2.75) is 32.1 Å². The van der Waals surface area contributed by atoms with E-state index in [0.29, 0.717) is 0 Å². The standard InChI is InChI=1S/C10H17.Rb/c1-3-5-7-9-10-8-6-4-2;/h3,5,9-10H,1,4,6-8H2,2H3;/b5-3+,10-9+;. The molecule has 1 heteroatoms. The SMILES string of the molecule is CCCC/C=C/C/C=C/[CH2][Rb]. The van der Waals surface area contributed by atoms with Crippen molar-refractivity contribution in [1.82, 2.24) is 0 Å². The van der Waals surface area contributed by atoms with E-state index < -0.39 is 0 Å². The van der Waals surface area contributed by atoms with Crippen molar-refractivity contribution >= 4 is 55.5 Å². The van der Waals surface area contributed by atoms with Crippen LogP contribution in [0.5, 0.6) is 0 Å². The Labute approximate surface area is 110 Å². The molecule has 0 saturated carbocycles. The van der Waals surface area contributed by atoms with Crippen molar-refractivity contribution in [2.24, 2.45) is 0 Å². The van der Waals surface area contributed by atoms with Crippen LogP contribution in [0, 0.1) is 0 Å². The summed E-state index contributed by atoms with van der Waals surface area (Å²) in [6.07, 6.45) is 14.2. The molecule has 0 saturated heterocycles. The van der Waals surface area contributed by atoms with Crippen LogP contribution in [0.1, 0.15) is 32.6 Å². The van der Waals surface area contributed by atoms with E-state index in [4.69, 9.17) is 0 Å². The number of rotatable bonds is 6.